The Labute approximate surface area is 94.2 Å². The molecule has 0 heterocycles. The van der Waals surface area contributed by atoms with Crippen molar-refractivity contribution in [3.63, 3.8) is 0 Å². The Morgan fingerprint density at radius 3 is 2.75 bits per heavy atom. The number of nitrogens with one attached hydrogen (secondary N) is 1. The summed E-state index contributed by atoms with van der Waals surface area (Å²) in [6.07, 6.45) is 0.154. The number of alkyl carbamates (subject to hydrolysis) is 1. The van der Waals surface area contributed by atoms with Gasteiger partial charge in [-0.3, -0.25) is 0 Å². The van der Waals surface area contributed by atoms with E-state index in [9.17, 15) is 9.90 Å². The summed E-state index contributed by atoms with van der Waals surface area (Å²) in [5.74, 6) is 0. The highest BCUT2D eigenvalue weighted by Gasteiger charge is 2.27. The molecule has 1 aromatic carbocycles. The largest absolute Gasteiger partial charge is 0.441 e. The summed E-state index contributed by atoms with van der Waals surface area (Å²) in [7, 11) is 1.53. The molecule has 1 aromatic rings. The molecule has 0 saturated carbocycles. The van der Waals surface area contributed by atoms with E-state index in [1.165, 1.54) is 7.05 Å². The van der Waals surface area contributed by atoms with E-state index in [0.29, 0.717) is 12.8 Å². The van der Waals surface area contributed by atoms with Gasteiger partial charge in [-0.2, -0.15) is 0 Å². The molecule has 2 unspecified atom stereocenters. The van der Waals surface area contributed by atoms with Gasteiger partial charge in [-0.25, -0.2) is 4.79 Å². The van der Waals surface area contributed by atoms with Crippen LogP contribution in [0.2, 0.25) is 0 Å². The van der Waals surface area contributed by atoms with Crippen LogP contribution in [0.3, 0.4) is 0 Å². The lowest BCUT2D eigenvalue weighted by Gasteiger charge is -2.28. The highest BCUT2D eigenvalue weighted by molar-refractivity contribution is 5.67. The molecule has 4 heteroatoms. The number of rotatable bonds is 1. The Morgan fingerprint density at radius 2 is 2.06 bits per heavy atom. The summed E-state index contributed by atoms with van der Waals surface area (Å²) in [6.45, 7) is 0. The summed E-state index contributed by atoms with van der Waals surface area (Å²) in [6, 6.07) is 7.53. The number of hydrogen-bond acceptors (Lipinski definition) is 3. The highest BCUT2D eigenvalue weighted by atomic mass is 16.6. The minimum atomic E-state index is -0.444. The van der Waals surface area contributed by atoms with E-state index < -0.39 is 12.2 Å². The van der Waals surface area contributed by atoms with Crippen molar-refractivity contribution in [2.75, 3.05) is 7.05 Å². The molecule has 16 heavy (non-hydrogen) atoms. The van der Waals surface area contributed by atoms with E-state index in [1.54, 1.807) is 0 Å². The lowest BCUT2D eigenvalue weighted by molar-refractivity contribution is 0.0620. The van der Waals surface area contributed by atoms with Gasteiger partial charge < -0.3 is 15.2 Å². The van der Waals surface area contributed by atoms with E-state index in [1.807, 2.05) is 24.3 Å². The van der Waals surface area contributed by atoms with Crippen LogP contribution in [0.15, 0.2) is 24.3 Å². The van der Waals surface area contributed by atoms with Crippen LogP contribution in [-0.4, -0.2) is 18.2 Å². The van der Waals surface area contributed by atoms with Crippen LogP contribution in [0.25, 0.3) is 0 Å². The first-order chi connectivity index (χ1) is 7.72. The molecule has 0 radical (unpaired) electrons. The zero-order chi connectivity index (χ0) is 11.5. The Kier molecular flexibility index (Phi) is 3.10. The number of ether oxygens (including phenoxy) is 1. The smallest absolute Gasteiger partial charge is 0.407 e. The quantitative estimate of drug-likeness (QED) is 0.761. The third-order valence-electron chi connectivity index (χ3n) is 2.86. The molecule has 2 rings (SSSR count). The number of aliphatic hydroxyl groups excluding tert-OH is 1. The summed E-state index contributed by atoms with van der Waals surface area (Å²) < 4.78 is 5.25. The first-order valence-electron chi connectivity index (χ1n) is 5.37. The molecule has 0 aromatic heterocycles. The first kappa shape index (κ1) is 11.0. The predicted octanol–water partition coefficient (Wildman–Crippen LogP) is 1.91. The van der Waals surface area contributed by atoms with Gasteiger partial charge in [0.2, 0.25) is 0 Å². The fraction of sp³-hybridized carbons (Fsp3) is 0.417. The molecular weight excluding hydrogens is 206 g/mol. The monoisotopic (exact) mass is 221 g/mol. The number of carbonyl (C=O) groups is 1. The van der Waals surface area contributed by atoms with Crippen LogP contribution in [0.1, 0.15) is 36.2 Å². The standard InChI is InChI=1S/C12H15NO3/c1-13-12(15)16-11-7-6-10(14)8-4-2-3-5-9(8)11/h2-5,10-11,14H,6-7H2,1H3,(H,13,15). The molecule has 2 N–H and O–H groups in total. The summed E-state index contributed by atoms with van der Waals surface area (Å²) >= 11 is 0. The Hall–Kier alpha value is -1.55. The molecule has 0 bridgehead atoms. The second-order valence-electron chi connectivity index (χ2n) is 3.87. The SMILES string of the molecule is CNC(=O)OC1CCC(O)c2ccccc21. The molecule has 86 valence electrons. The maximum absolute atomic E-state index is 11.2. The molecule has 0 saturated heterocycles. The zero-order valence-corrected chi connectivity index (χ0v) is 9.14. The molecule has 0 spiro atoms. The van der Waals surface area contributed by atoms with Gasteiger partial charge in [-0.1, -0.05) is 24.3 Å². The van der Waals surface area contributed by atoms with Crippen LogP contribution in [0, 0.1) is 0 Å². The van der Waals surface area contributed by atoms with Gasteiger partial charge in [0.1, 0.15) is 6.10 Å². The van der Waals surface area contributed by atoms with Crippen molar-refractivity contribution in [2.24, 2.45) is 0 Å². The van der Waals surface area contributed by atoms with Gasteiger partial charge in [-0.15, -0.1) is 0 Å². The number of aliphatic hydroxyl groups is 1. The molecule has 0 aliphatic heterocycles. The lowest BCUT2D eigenvalue weighted by Crippen LogP contribution is -2.25. The first-order valence-corrected chi connectivity index (χ1v) is 5.37. The third-order valence-corrected chi connectivity index (χ3v) is 2.86. The Bertz CT molecular complexity index is 392. The lowest BCUT2D eigenvalue weighted by atomic mass is 9.87. The normalized spacial score (nSPS) is 23.4. The number of carbonyl (C=O) groups excluding carboxylic acids is 1. The topological polar surface area (TPSA) is 58.6 Å². The summed E-state index contributed by atoms with van der Waals surface area (Å²) in [4.78, 5) is 11.2. The van der Waals surface area contributed by atoms with Crippen molar-refractivity contribution < 1.29 is 14.6 Å². The van der Waals surface area contributed by atoms with Crippen molar-refractivity contribution in [2.45, 2.75) is 25.0 Å². The number of fused-ring (bicyclic) bond motifs is 1. The second kappa shape index (κ2) is 4.53. The Balaban J connectivity index is 2.24. The molecule has 1 aliphatic carbocycles. The molecule has 0 fully saturated rings. The molecule has 1 amide bonds. The van der Waals surface area contributed by atoms with Crippen molar-refractivity contribution in [3.8, 4) is 0 Å². The molecule has 1 aliphatic rings. The highest BCUT2D eigenvalue weighted by Crippen LogP contribution is 2.37. The van der Waals surface area contributed by atoms with Crippen LogP contribution >= 0.6 is 0 Å². The van der Waals surface area contributed by atoms with Gasteiger partial charge >= 0.3 is 6.09 Å². The van der Waals surface area contributed by atoms with Crippen LogP contribution in [-0.2, 0) is 4.74 Å². The van der Waals surface area contributed by atoms with E-state index in [0.717, 1.165) is 11.1 Å². The second-order valence-corrected chi connectivity index (χ2v) is 3.87. The van der Waals surface area contributed by atoms with E-state index in [4.69, 9.17) is 4.74 Å². The zero-order valence-electron chi connectivity index (χ0n) is 9.14. The van der Waals surface area contributed by atoms with Gasteiger partial charge in [0.05, 0.1) is 6.10 Å². The summed E-state index contributed by atoms with van der Waals surface area (Å²) in [5, 5.41) is 12.2. The third kappa shape index (κ3) is 2.02. The minimum absolute atomic E-state index is 0.250. The average Bonchev–Trinajstić information content (AvgIpc) is 2.33. The maximum Gasteiger partial charge on any atom is 0.407 e. The van der Waals surface area contributed by atoms with Crippen molar-refractivity contribution in [3.05, 3.63) is 35.4 Å². The van der Waals surface area contributed by atoms with Crippen LogP contribution in [0.5, 0.6) is 0 Å². The molecular formula is C12H15NO3. The number of benzene rings is 1. The van der Waals surface area contributed by atoms with E-state index in [-0.39, 0.29) is 6.10 Å². The Morgan fingerprint density at radius 1 is 1.38 bits per heavy atom. The predicted molar refractivity (Wildman–Crippen MR) is 58.9 cm³/mol. The van der Waals surface area contributed by atoms with Crippen molar-refractivity contribution in [1.29, 1.82) is 0 Å². The van der Waals surface area contributed by atoms with Gasteiger partial charge in [0, 0.05) is 7.05 Å². The van der Waals surface area contributed by atoms with Crippen LogP contribution < -0.4 is 5.32 Å². The molecule has 2 atom stereocenters. The number of hydrogen-bond donors (Lipinski definition) is 2. The minimum Gasteiger partial charge on any atom is -0.441 e. The fourth-order valence-corrected chi connectivity index (χ4v) is 2.04. The van der Waals surface area contributed by atoms with E-state index in [2.05, 4.69) is 5.32 Å². The summed E-state index contributed by atoms with van der Waals surface area (Å²) in [5.41, 5.74) is 1.77. The van der Waals surface area contributed by atoms with E-state index >= 15 is 0 Å². The van der Waals surface area contributed by atoms with Crippen molar-refractivity contribution >= 4 is 6.09 Å². The maximum atomic E-state index is 11.2. The van der Waals surface area contributed by atoms with Gasteiger partial charge in [-0.05, 0) is 24.0 Å². The van der Waals surface area contributed by atoms with Crippen molar-refractivity contribution in [1.82, 2.24) is 5.32 Å². The fourth-order valence-electron chi connectivity index (χ4n) is 2.04. The van der Waals surface area contributed by atoms with Gasteiger partial charge in [0.25, 0.3) is 0 Å². The van der Waals surface area contributed by atoms with Gasteiger partial charge in [0.15, 0.2) is 0 Å². The van der Waals surface area contributed by atoms with Crippen LogP contribution in [0.4, 0.5) is 4.79 Å². The number of amides is 1. The molecule has 4 nitrogen and oxygen atoms in total. The average molecular weight is 221 g/mol.